The van der Waals surface area contributed by atoms with E-state index in [1.807, 2.05) is 13.8 Å². The topological polar surface area (TPSA) is 29.3 Å². The lowest BCUT2D eigenvalue weighted by Gasteiger charge is -2.31. The van der Waals surface area contributed by atoms with Crippen LogP contribution in [0.4, 0.5) is 0 Å². The molecule has 0 atom stereocenters. The first-order valence-electron chi connectivity index (χ1n) is 6.30. The molecule has 1 heterocycles. The highest BCUT2D eigenvalue weighted by Gasteiger charge is 2.20. The van der Waals surface area contributed by atoms with E-state index in [0.29, 0.717) is 0 Å². The predicted octanol–water partition coefficient (Wildman–Crippen LogP) is 3.06. The van der Waals surface area contributed by atoms with E-state index in [2.05, 4.69) is 17.1 Å². The van der Waals surface area contributed by atoms with Gasteiger partial charge in [-0.1, -0.05) is 24.4 Å². The zero-order chi connectivity index (χ0) is 11.5. The Morgan fingerprint density at radius 3 is 2.50 bits per heavy atom. The Balaban J connectivity index is 1.98. The average molecular weight is 222 g/mol. The van der Waals surface area contributed by atoms with Crippen LogP contribution in [0.15, 0.2) is 4.52 Å². The highest BCUT2D eigenvalue weighted by molar-refractivity contribution is 5.20. The van der Waals surface area contributed by atoms with Crippen LogP contribution < -0.4 is 0 Å². The molecule has 1 aliphatic carbocycles. The summed E-state index contributed by atoms with van der Waals surface area (Å²) >= 11 is 0. The first-order chi connectivity index (χ1) is 7.68. The van der Waals surface area contributed by atoms with Crippen molar-refractivity contribution in [1.82, 2.24) is 10.1 Å². The van der Waals surface area contributed by atoms with Crippen molar-refractivity contribution in [3.8, 4) is 0 Å². The molecule has 0 bridgehead atoms. The molecule has 0 N–H and O–H groups in total. The second kappa shape index (κ2) is 5.00. The number of aryl methyl sites for hydroxylation is 2. The largest absolute Gasteiger partial charge is 0.361 e. The normalized spacial score (nSPS) is 18.2. The second-order valence-corrected chi connectivity index (χ2v) is 5.01. The van der Waals surface area contributed by atoms with Crippen molar-refractivity contribution in [2.45, 2.75) is 58.5 Å². The van der Waals surface area contributed by atoms with Gasteiger partial charge in [0.1, 0.15) is 5.76 Å². The van der Waals surface area contributed by atoms with Crippen LogP contribution in [0.2, 0.25) is 0 Å². The first-order valence-corrected chi connectivity index (χ1v) is 6.30. The Morgan fingerprint density at radius 1 is 1.25 bits per heavy atom. The molecule has 1 fully saturated rings. The Morgan fingerprint density at radius 2 is 1.94 bits per heavy atom. The van der Waals surface area contributed by atoms with Gasteiger partial charge in [-0.2, -0.15) is 0 Å². The van der Waals surface area contributed by atoms with Crippen LogP contribution >= 0.6 is 0 Å². The fourth-order valence-corrected chi connectivity index (χ4v) is 2.63. The van der Waals surface area contributed by atoms with Gasteiger partial charge in [0.2, 0.25) is 0 Å². The summed E-state index contributed by atoms with van der Waals surface area (Å²) in [5.41, 5.74) is 2.31. The maximum Gasteiger partial charge on any atom is 0.138 e. The Kier molecular flexibility index (Phi) is 3.64. The molecule has 0 aliphatic heterocycles. The van der Waals surface area contributed by atoms with Crippen LogP contribution in [0.1, 0.15) is 49.1 Å². The molecule has 16 heavy (non-hydrogen) atoms. The monoisotopic (exact) mass is 222 g/mol. The van der Waals surface area contributed by atoms with Gasteiger partial charge < -0.3 is 4.52 Å². The van der Waals surface area contributed by atoms with E-state index in [1.165, 1.54) is 37.7 Å². The van der Waals surface area contributed by atoms with E-state index in [1.54, 1.807) is 0 Å². The molecule has 0 unspecified atom stereocenters. The molecular formula is C13H22N2O. The van der Waals surface area contributed by atoms with Crippen molar-refractivity contribution < 1.29 is 4.52 Å². The van der Waals surface area contributed by atoms with E-state index >= 15 is 0 Å². The summed E-state index contributed by atoms with van der Waals surface area (Å²) in [4.78, 5) is 2.46. The number of rotatable bonds is 3. The quantitative estimate of drug-likeness (QED) is 0.787. The minimum atomic E-state index is 0.752. The second-order valence-electron chi connectivity index (χ2n) is 5.01. The zero-order valence-electron chi connectivity index (χ0n) is 10.6. The molecule has 0 amide bonds. The van der Waals surface area contributed by atoms with Crippen LogP contribution in [0.25, 0.3) is 0 Å². The molecule has 0 saturated heterocycles. The van der Waals surface area contributed by atoms with Gasteiger partial charge in [-0.05, 0) is 33.7 Å². The molecule has 1 aromatic rings. The van der Waals surface area contributed by atoms with Crippen molar-refractivity contribution in [2.75, 3.05) is 7.05 Å². The highest BCUT2D eigenvalue weighted by atomic mass is 16.5. The number of aromatic nitrogens is 1. The van der Waals surface area contributed by atoms with Crippen molar-refractivity contribution in [3.05, 3.63) is 17.0 Å². The summed E-state index contributed by atoms with van der Waals surface area (Å²) in [6.07, 6.45) is 6.88. The molecule has 3 heteroatoms. The summed E-state index contributed by atoms with van der Waals surface area (Å²) < 4.78 is 5.21. The minimum absolute atomic E-state index is 0.752. The van der Waals surface area contributed by atoms with Gasteiger partial charge in [-0.25, -0.2) is 0 Å². The van der Waals surface area contributed by atoms with Crippen LogP contribution in [-0.4, -0.2) is 23.1 Å². The highest BCUT2D eigenvalue weighted by Crippen LogP contribution is 2.24. The van der Waals surface area contributed by atoms with Crippen LogP contribution in [0.3, 0.4) is 0 Å². The maximum absolute atomic E-state index is 5.21. The van der Waals surface area contributed by atoms with Crippen LogP contribution in [0.5, 0.6) is 0 Å². The number of nitrogens with zero attached hydrogens (tertiary/aromatic N) is 2. The molecular weight excluding hydrogens is 200 g/mol. The molecule has 2 rings (SSSR count). The summed E-state index contributed by atoms with van der Waals surface area (Å²) in [6.45, 7) is 5.01. The molecule has 1 aliphatic rings. The minimum Gasteiger partial charge on any atom is -0.361 e. The predicted molar refractivity (Wildman–Crippen MR) is 64.3 cm³/mol. The molecule has 1 aromatic heterocycles. The van der Waals surface area contributed by atoms with E-state index < -0.39 is 0 Å². The molecule has 3 nitrogen and oxygen atoms in total. The van der Waals surface area contributed by atoms with Gasteiger partial charge in [0.05, 0.1) is 5.69 Å². The molecule has 90 valence electrons. The first kappa shape index (κ1) is 11.6. The smallest absolute Gasteiger partial charge is 0.138 e. The van der Waals surface area contributed by atoms with Gasteiger partial charge in [0, 0.05) is 18.2 Å². The summed E-state index contributed by atoms with van der Waals surface area (Å²) in [5.74, 6) is 0.972. The fraction of sp³-hybridized carbons (Fsp3) is 0.769. The van der Waals surface area contributed by atoms with Gasteiger partial charge in [-0.15, -0.1) is 0 Å². The summed E-state index contributed by atoms with van der Waals surface area (Å²) in [5, 5.41) is 4.01. The zero-order valence-corrected chi connectivity index (χ0v) is 10.6. The van der Waals surface area contributed by atoms with Gasteiger partial charge >= 0.3 is 0 Å². The Bertz CT molecular complexity index is 320. The van der Waals surface area contributed by atoms with Crippen molar-refractivity contribution in [3.63, 3.8) is 0 Å². The summed E-state index contributed by atoms with van der Waals surface area (Å²) in [6, 6.07) is 0.752. The number of hydrogen-bond acceptors (Lipinski definition) is 3. The summed E-state index contributed by atoms with van der Waals surface area (Å²) in [7, 11) is 2.22. The van der Waals surface area contributed by atoms with Crippen molar-refractivity contribution in [1.29, 1.82) is 0 Å². The van der Waals surface area contributed by atoms with Gasteiger partial charge in [-0.3, -0.25) is 4.90 Å². The van der Waals surface area contributed by atoms with Crippen molar-refractivity contribution >= 4 is 0 Å². The van der Waals surface area contributed by atoms with E-state index in [-0.39, 0.29) is 0 Å². The lowest BCUT2D eigenvalue weighted by Crippen LogP contribution is -2.33. The van der Waals surface area contributed by atoms with Crippen molar-refractivity contribution in [2.24, 2.45) is 0 Å². The lowest BCUT2D eigenvalue weighted by molar-refractivity contribution is 0.183. The average Bonchev–Trinajstić information content (AvgIpc) is 2.62. The maximum atomic E-state index is 5.21. The fourth-order valence-electron chi connectivity index (χ4n) is 2.63. The molecule has 0 aromatic carbocycles. The van der Waals surface area contributed by atoms with Crippen LogP contribution in [0, 0.1) is 13.8 Å². The van der Waals surface area contributed by atoms with Gasteiger partial charge in [0.15, 0.2) is 0 Å². The van der Waals surface area contributed by atoms with E-state index in [4.69, 9.17) is 4.52 Å². The molecule has 1 saturated carbocycles. The molecule has 0 spiro atoms. The van der Waals surface area contributed by atoms with Crippen LogP contribution in [-0.2, 0) is 6.54 Å². The standard InChI is InChI=1S/C13H22N2O/c1-10-13(11(2)16-14-10)9-15(3)12-7-5-4-6-8-12/h12H,4-9H2,1-3H3. The van der Waals surface area contributed by atoms with E-state index in [0.717, 1.165) is 24.0 Å². The third-order valence-electron chi connectivity index (χ3n) is 3.79. The SMILES string of the molecule is Cc1noc(C)c1CN(C)C1CCCCC1. The third kappa shape index (κ3) is 2.46. The van der Waals surface area contributed by atoms with E-state index in [9.17, 15) is 0 Å². The third-order valence-corrected chi connectivity index (χ3v) is 3.79. The number of hydrogen-bond donors (Lipinski definition) is 0. The molecule has 0 radical (unpaired) electrons. The Labute approximate surface area is 97.8 Å². The van der Waals surface area contributed by atoms with Gasteiger partial charge in [0.25, 0.3) is 0 Å². The lowest BCUT2D eigenvalue weighted by atomic mass is 9.94. The Hall–Kier alpha value is -0.830.